The van der Waals surface area contributed by atoms with Crippen LogP contribution in [0.2, 0.25) is 0 Å². The first-order chi connectivity index (χ1) is 8.30. The quantitative estimate of drug-likeness (QED) is 0.823. The van der Waals surface area contributed by atoms with Crippen molar-refractivity contribution in [1.82, 2.24) is 14.6 Å². The highest BCUT2D eigenvalue weighted by molar-refractivity contribution is 7.89. The first-order valence-electron chi connectivity index (χ1n) is 6.10. The van der Waals surface area contributed by atoms with Gasteiger partial charge in [0.1, 0.15) is 0 Å². The molecule has 0 aliphatic carbocycles. The first kappa shape index (κ1) is 15.2. The van der Waals surface area contributed by atoms with Crippen LogP contribution in [0, 0.1) is 5.92 Å². The Hall–Kier alpha value is -0.850. The Balaban J connectivity index is 2.98. The van der Waals surface area contributed by atoms with Gasteiger partial charge in [0.15, 0.2) is 0 Å². The van der Waals surface area contributed by atoms with Gasteiger partial charge in [0.05, 0.1) is 4.90 Å². The molecule has 0 saturated carbocycles. The molecule has 0 aliphatic heterocycles. The molecule has 1 rings (SSSR count). The van der Waals surface area contributed by atoms with Gasteiger partial charge in [0.25, 0.3) is 0 Å². The van der Waals surface area contributed by atoms with Gasteiger partial charge < -0.3 is 10.3 Å². The van der Waals surface area contributed by atoms with E-state index < -0.39 is 10.0 Å². The Kier molecular flexibility index (Phi) is 4.95. The molecule has 6 heteroatoms. The van der Waals surface area contributed by atoms with Crippen molar-refractivity contribution < 1.29 is 8.42 Å². The summed E-state index contributed by atoms with van der Waals surface area (Å²) in [5.41, 5.74) is 0.863. The van der Waals surface area contributed by atoms with Crippen molar-refractivity contribution in [2.24, 2.45) is 5.92 Å². The molecule has 1 atom stereocenters. The van der Waals surface area contributed by atoms with Gasteiger partial charge in [-0.2, -0.15) is 4.31 Å². The second-order valence-electron chi connectivity index (χ2n) is 4.90. The number of hydrogen-bond acceptors (Lipinski definition) is 3. The molecule has 1 aromatic rings. The molecule has 0 saturated heterocycles. The fourth-order valence-electron chi connectivity index (χ4n) is 1.67. The van der Waals surface area contributed by atoms with Crippen LogP contribution < -0.4 is 5.32 Å². The van der Waals surface area contributed by atoms with Crippen LogP contribution in [0.15, 0.2) is 17.2 Å². The summed E-state index contributed by atoms with van der Waals surface area (Å²) in [6.45, 7) is 6.57. The van der Waals surface area contributed by atoms with Crippen LogP contribution in [0.3, 0.4) is 0 Å². The molecule has 0 aromatic carbocycles. The lowest BCUT2D eigenvalue weighted by atomic mass is 10.1. The largest absolute Gasteiger partial charge is 0.363 e. The molecule has 104 valence electrons. The number of aromatic nitrogens is 1. The highest BCUT2D eigenvalue weighted by Crippen LogP contribution is 2.20. The average molecular weight is 273 g/mol. The minimum absolute atomic E-state index is 0.0300. The topological polar surface area (TPSA) is 65.2 Å². The van der Waals surface area contributed by atoms with Gasteiger partial charge in [-0.3, -0.25) is 0 Å². The van der Waals surface area contributed by atoms with Crippen LogP contribution in [-0.2, 0) is 16.6 Å². The van der Waals surface area contributed by atoms with Crippen LogP contribution in [0.4, 0.5) is 0 Å². The van der Waals surface area contributed by atoms with E-state index in [-0.39, 0.29) is 12.0 Å². The van der Waals surface area contributed by atoms with Crippen LogP contribution in [0.1, 0.15) is 26.5 Å². The maximum atomic E-state index is 12.4. The summed E-state index contributed by atoms with van der Waals surface area (Å²) in [7, 11) is 0.0447. The second-order valence-corrected chi connectivity index (χ2v) is 6.89. The number of H-pyrrole nitrogens is 1. The van der Waals surface area contributed by atoms with E-state index in [4.69, 9.17) is 0 Å². The number of nitrogens with one attached hydrogen (secondary N) is 2. The molecule has 1 aromatic heterocycles. The Morgan fingerprint density at radius 2 is 2.00 bits per heavy atom. The van der Waals surface area contributed by atoms with E-state index in [0.717, 1.165) is 5.69 Å². The molecule has 0 radical (unpaired) electrons. The molecular formula is C12H23N3O2S. The lowest BCUT2D eigenvalue weighted by Gasteiger charge is -2.26. The molecule has 2 N–H and O–H groups in total. The Morgan fingerprint density at radius 3 is 2.50 bits per heavy atom. The standard InChI is InChI=1S/C12H23N3O2S/c1-9(2)10(3)15(5)18(16,17)12-6-11(7-13-4)14-8-12/h6,8-10,13-14H,7H2,1-5H3. The fraction of sp³-hybridized carbons (Fsp3) is 0.667. The summed E-state index contributed by atoms with van der Waals surface area (Å²) >= 11 is 0. The molecule has 18 heavy (non-hydrogen) atoms. The van der Waals surface area contributed by atoms with E-state index in [9.17, 15) is 8.42 Å². The minimum Gasteiger partial charge on any atom is -0.363 e. The summed E-state index contributed by atoms with van der Waals surface area (Å²) in [6, 6.07) is 1.65. The number of sulfonamides is 1. The number of hydrogen-bond donors (Lipinski definition) is 2. The molecular weight excluding hydrogens is 250 g/mol. The highest BCUT2D eigenvalue weighted by atomic mass is 32.2. The third kappa shape index (κ3) is 3.13. The zero-order valence-electron chi connectivity index (χ0n) is 11.7. The number of aromatic amines is 1. The Labute approximate surface area is 110 Å². The number of nitrogens with zero attached hydrogens (tertiary/aromatic N) is 1. The van der Waals surface area contributed by atoms with Gasteiger partial charge in [-0.25, -0.2) is 8.42 Å². The molecule has 5 nitrogen and oxygen atoms in total. The Morgan fingerprint density at radius 1 is 1.39 bits per heavy atom. The maximum absolute atomic E-state index is 12.4. The molecule has 0 fully saturated rings. The van der Waals surface area contributed by atoms with E-state index in [1.165, 1.54) is 4.31 Å². The summed E-state index contributed by atoms with van der Waals surface area (Å²) < 4.78 is 26.2. The lowest BCUT2D eigenvalue weighted by molar-refractivity contribution is 0.316. The van der Waals surface area contributed by atoms with Crippen LogP contribution in [0.25, 0.3) is 0 Å². The third-order valence-electron chi connectivity index (χ3n) is 3.30. The zero-order chi connectivity index (χ0) is 13.9. The van der Waals surface area contributed by atoms with E-state index in [1.807, 2.05) is 27.8 Å². The van der Waals surface area contributed by atoms with E-state index in [2.05, 4.69) is 10.3 Å². The average Bonchev–Trinajstić information content (AvgIpc) is 2.76. The SMILES string of the molecule is CNCc1cc(S(=O)(=O)N(C)C(C)C(C)C)c[nH]1. The van der Waals surface area contributed by atoms with Gasteiger partial charge in [0.2, 0.25) is 10.0 Å². The van der Waals surface area contributed by atoms with Crippen molar-refractivity contribution in [3.63, 3.8) is 0 Å². The Bertz CT molecular complexity index is 479. The monoisotopic (exact) mass is 273 g/mol. The van der Waals surface area contributed by atoms with Crippen LogP contribution in [0.5, 0.6) is 0 Å². The first-order valence-corrected chi connectivity index (χ1v) is 7.54. The summed E-state index contributed by atoms with van der Waals surface area (Å²) in [5.74, 6) is 0.278. The summed E-state index contributed by atoms with van der Waals surface area (Å²) in [4.78, 5) is 3.29. The summed E-state index contributed by atoms with van der Waals surface area (Å²) in [5, 5.41) is 2.98. The van der Waals surface area contributed by atoms with E-state index in [0.29, 0.717) is 11.4 Å². The van der Waals surface area contributed by atoms with Crippen molar-refractivity contribution in [2.75, 3.05) is 14.1 Å². The van der Waals surface area contributed by atoms with Crippen LogP contribution >= 0.6 is 0 Å². The number of rotatable bonds is 6. The summed E-state index contributed by atoms with van der Waals surface area (Å²) in [6.07, 6.45) is 1.55. The van der Waals surface area contributed by atoms with Crippen molar-refractivity contribution in [2.45, 2.75) is 38.3 Å². The second kappa shape index (κ2) is 5.86. The highest BCUT2D eigenvalue weighted by Gasteiger charge is 2.27. The molecule has 1 heterocycles. The smallest absolute Gasteiger partial charge is 0.244 e. The molecule has 0 bridgehead atoms. The van der Waals surface area contributed by atoms with E-state index >= 15 is 0 Å². The predicted octanol–water partition coefficient (Wildman–Crippen LogP) is 1.40. The van der Waals surface area contributed by atoms with Gasteiger partial charge in [-0.15, -0.1) is 0 Å². The van der Waals surface area contributed by atoms with Gasteiger partial charge in [-0.1, -0.05) is 13.8 Å². The normalized spacial score (nSPS) is 14.4. The predicted molar refractivity (Wildman–Crippen MR) is 72.8 cm³/mol. The van der Waals surface area contributed by atoms with E-state index in [1.54, 1.807) is 19.3 Å². The van der Waals surface area contributed by atoms with Crippen molar-refractivity contribution >= 4 is 10.0 Å². The van der Waals surface area contributed by atoms with Gasteiger partial charge in [-0.05, 0) is 26.0 Å². The third-order valence-corrected chi connectivity index (χ3v) is 5.22. The maximum Gasteiger partial charge on any atom is 0.244 e. The zero-order valence-corrected chi connectivity index (χ0v) is 12.5. The van der Waals surface area contributed by atoms with Crippen molar-refractivity contribution in [3.05, 3.63) is 18.0 Å². The molecule has 0 spiro atoms. The lowest BCUT2D eigenvalue weighted by Crippen LogP contribution is -2.38. The van der Waals surface area contributed by atoms with Crippen molar-refractivity contribution in [1.29, 1.82) is 0 Å². The van der Waals surface area contributed by atoms with Crippen LogP contribution in [-0.4, -0.2) is 37.8 Å². The van der Waals surface area contributed by atoms with Crippen molar-refractivity contribution in [3.8, 4) is 0 Å². The molecule has 0 amide bonds. The van der Waals surface area contributed by atoms with Gasteiger partial charge >= 0.3 is 0 Å². The molecule has 1 unspecified atom stereocenters. The van der Waals surface area contributed by atoms with Gasteiger partial charge in [0, 0.05) is 31.5 Å². The minimum atomic E-state index is -3.41. The molecule has 0 aliphatic rings. The fourth-order valence-corrected chi connectivity index (χ4v) is 3.18.